The fourth-order valence-electron chi connectivity index (χ4n) is 2.87. The first kappa shape index (κ1) is 20.9. The van der Waals surface area contributed by atoms with Crippen LogP contribution < -0.4 is 16.2 Å². The molecular formula is C22H19N3O4S. The molecule has 0 radical (unpaired) electrons. The standard InChI is InChI=1S/C22H19N3O4S/c1-29-21(28)16-11-9-15(10-12-16)20(27)23-22(30)25-24-19(26)13-17-7-4-6-14-5-2-3-8-18(14)17/h2-12H,13H2,1H3,(H,24,26)(H2,23,25,27,30). The van der Waals surface area contributed by atoms with Crippen molar-refractivity contribution in [3.8, 4) is 0 Å². The van der Waals surface area contributed by atoms with Gasteiger partial charge in [0.05, 0.1) is 19.1 Å². The third-order valence-electron chi connectivity index (χ3n) is 4.34. The Hall–Kier alpha value is -3.78. The average Bonchev–Trinajstić information content (AvgIpc) is 2.77. The lowest BCUT2D eigenvalue weighted by molar-refractivity contribution is -0.121. The Labute approximate surface area is 178 Å². The van der Waals surface area contributed by atoms with Crippen molar-refractivity contribution in [2.45, 2.75) is 6.42 Å². The van der Waals surface area contributed by atoms with Gasteiger partial charge in [0, 0.05) is 5.56 Å². The van der Waals surface area contributed by atoms with Crippen LogP contribution in [0.5, 0.6) is 0 Å². The van der Waals surface area contributed by atoms with Crippen molar-refractivity contribution >= 4 is 45.9 Å². The molecule has 0 unspecified atom stereocenters. The third-order valence-corrected chi connectivity index (χ3v) is 4.55. The summed E-state index contributed by atoms with van der Waals surface area (Å²) in [6.45, 7) is 0. The zero-order valence-electron chi connectivity index (χ0n) is 16.1. The first-order chi connectivity index (χ1) is 14.5. The lowest BCUT2D eigenvalue weighted by atomic mass is 10.0. The highest BCUT2D eigenvalue weighted by atomic mass is 32.1. The molecule has 0 atom stereocenters. The molecule has 0 saturated heterocycles. The Morgan fingerprint density at radius 2 is 1.53 bits per heavy atom. The zero-order valence-corrected chi connectivity index (χ0v) is 16.9. The van der Waals surface area contributed by atoms with Gasteiger partial charge >= 0.3 is 5.97 Å². The smallest absolute Gasteiger partial charge is 0.337 e. The largest absolute Gasteiger partial charge is 0.465 e. The number of nitrogens with one attached hydrogen (secondary N) is 3. The van der Waals surface area contributed by atoms with Crippen LogP contribution in [0.25, 0.3) is 10.8 Å². The van der Waals surface area contributed by atoms with Gasteiger partial charge in [-0.1, -0.05) is 42.5 Å². The van der Waals surface area contributed by atoms with Crippen molar-refractivity contribution < 1.29 is 19.1 Å². The van der Waals surface area contributed by atoms with E-state index in [-0.39, 0.29) is 17.4 Å². The Bertz CT molecular complexity index is 1110. The van der Waals surface area contributed by atoms with Crippen LogP contribution in [-0.4, -0.2) is 30.0 Å². The van der Waals surface area contributed by atoms with E-state index in [0.29, 0.717) is 11.1 Å². The molecule has 0 aliphatic heterocycles. The number of rotatable bonds is 4. The topological polar surface area (TPSA) is 96.5 Å². The zero-order chi connectivity index (χ0) is 21.5. The number of thiocarbonyl (C=S) groups is 1. The molecule has 0 aromatic heterocycles. The maximum absolute atomic E-state index is 12.3. The normalized spacial score (nSPS) is 10.2. The van der Waals surface area contributed by atoms with Crippen LogP contribution in [0.3, 0.4) is 0 Å². The number of esters is 1. The molecule has 3 rings (SSSR count). The number of carbonyl (C=O) groups is 3. The van der Waals surface area contributed by atoms with Crippen molar-refractivity contribution in [1.29, 1.82) is 0 Å². The molecule has 0 aliphatic rings. The van der Waals surface area contributed by atoms with Crippen LogP contribution >= 0.6 is 12.2 Å². The molecule has 0 spiro atoms. The van der Waals surface area contributed by atoms with Crippen molar-refractivity contribution in [3.05, 3.63) is 83.4 Å². The van der Waals surface area contributed by atoms with Gasteiger partial charge in [0.2, 0.25) is 5.91 Å². The van der Waals surface area contributed by atoms with E-state index in [9.17, 15) is 14.4 Å². The van der Waals surface area contributed by atoms with E-state index in [1.165, 1.54) is 31.4 Å². The molecule has 0 saturated carbocycles. The summed E-state index contributed by atoms with van der Waals surface area (Å²) in [5.41, 5.74) is 6.51. The fourth-order valence-corrected chi connectivity index (χ4v) is 3.02. The van der Waals surface area contributed by atoms with Gasteiger partial charge < -0.3 is 4.74 Å². The molecular weight excluding hydrogens is 402 g/mol. The number of hydrogen-bond donors (Lipinski definition) is 3. The van der Waals surface area contributed by atoms with Gasteiger partial charge in [0.1, 0.15) is 0 Å². The Kier molecular flexibility index (Phi) is 6.71. The van der Waals surface area contributed by atoms with Gasteiger partial charge in [-0.2, -0.15) is 0 Å². The molecule has 2 amide bonds. The van der Waals surface area contributed by atoms with E-state index in [4.69, 9.17) is 12.2 Å². The number of fused-ring (bicyclic) bond motifs is 1. The molecule has 3 aromatic carbocycles. The van der Waals surface area contributed by atoms with Gasteiger partial charge in [0.15, 0.2) is 5.11 Å². The molecule has 152 valence electrons. The number of hydrogen-bond acceptors (Lipinski definition) is 5. The summed E-state index contributed by atoms with van der Waals surface area (Å²) >= 11 is 5.04. The third kappa shape index (κ3) is 5.18. The molecule has 0 fully saturated rings. The van der Waals surface area contributed by atoms with Crippen LogP contribution in [0, 0.1) is 0 Å². The second kappa shape index (κ2) is 9.62. The summed E-state index contributed by atoms with van der Waals surface area (Å²) in [4.78, 5) is 35.9. The monoisotopic (exact) mass is 421 g/mol. The minimum Gasteiger partial charge on any atom is -0.465 e. The van der Waals surface area contributed by atoms with Gasteiger partial charge in [-0.3, -0.25) is 25.8 Å². The van der Waals surface area contributed by atoms with Gasteiger partial charge in [-0.15, -0.1) is 0 Å². The SMILES string of the molecule is COC(=O)c1ccc(C(=O)NC(=S)NNC(=O)Cc2cccc3ccccc23)cc1. The van der Waals surface area contributed by atoms with E-state index in [1.54, 1.807) is 0 Å². The molecule has 7 nitrogen and oxygen atoms in total. The molecule has 3 aromatic rings. The summed E-state index contributed by atoms with van der Waals surface area (Å²) in [6, 6.07) is 19.5. The summed E-state index contributed by atoms with van der Waals surface area (Å²) in [6.07, 6.45) is 0.153. The number of methoxy groups -OCH3 is 1. The highest BCUT2D eigenvalue weighted by Gasteiger charge is 2.11. The van der Waals surface area contributed by atoms with E-state index in [2.05, 4.69) is 20.9 Å². The lowest BCUT2D eigenvalue weighted by Gasteiger charge is -2.12. The van der Waals surface area contributed by atoms with Crippen LogP contribution in [0.1, 0.15) is 26.3 Å². The predicted molar refractivity (Wildman–Crippen MR) is 117 cm³/mol. The van der Waals surface area contributed by atoms with Crippen LogP contribution in [0.4, 0.5) is 0 Å². The van der Waals surface area contributed by atoms with E-state index < -0.39 is 11.9 Å². The maximum Gasteiger partial charge on any atom is 0.337 e. The minimum absolute atomic E-state index is 0.0525. The first-order valence-electron chi connectivity index (χ1n) is 9.03. The summed E-state index contributed by atoms with van der Waals surface area (Å²) in [5, 5.41) is 4.46. The number of benzene rings is 3. The van der Waals surface area contributed by atoms with Crippen LogP contribution in [-0.2, 0) is 16.0 Å². The van der Waals surface area contributed by atoms with Crippen molar-refractivity contribution in [1.82, 2.24) is 16.2 Å². The Morgan fingerprint density at radius 1 is 0.867 bits per heavy atom. The fraction of sp³-hybridized carbons (Fsp3) is 0.0909. The second-order valence-electron chi connectivity index (χ2n) is 6.34. The number of hydrazine groups is 1. The van der Waals surface area contributed by atoms with E-state index in [1.807, 2.05) is 42.5 Å². The van der Waals surface area contributed by atoms with Crippen molar-refractivity contribution in [2.24, 2.45) is 0 Å². The maximum atomic E-state index is 12.3. The lowest BCUT2D eigenvalue weighted by Crippen LogP contribution is -2.48. The summed E-state index contributed by atoms with van der Waals surface area (Å²) in [5.74, 6) is -1.27. The summed E-state index contributed by atoms with van der Waals surface area (Å²) < 4.78 is 4.61. The first-order valence-corrected chi connectivity index (χ1v) is 9.44. The number of carbonyl (C=O) groups excluding carboxylic acids is 3. The second-order valence-corrected chi connectivity index (χ2v) is 6.75. The predicted octanol–water partition coefficient (Wildman–Crippen LogP) is 2.50. The Balaban J connectivity index is 1.52. The molecule has 8 heteroatoms. The molecule has 0 bridgehead atoms. The van der Waals surface area contributed by atoms with Gasteiger partial charge in [-0.05, 0) is 52.8 Å². The van der Waals surface area contributed by atoms with Gasteiger partial charge in [-0.25, -0.2) is 4.79 Å². The molecule has 30 heavy (non-hydrogen) atoms. The Morgan fingerprint density at radius 3 is 2.27 bits per heavy atom. The van der Waals surface area contributed by atoms with E-state index >= 15 is 0 Å². The van der Waals surface area contributed by atoms with Gasteiger partial charge in [0.25, 0.3) is 5.91 Å². The highest BCUT2D eigenvalue weighted by molar-refractivity contribution is 7.80. The quantitative estimate of drug-likeness (QED) is 0.340. The van der Waals surface area contributed by atoms with Crippen LogP contribution in [0.15, 0.2) is 66.7 Å². The van der Waals surface area contributed by atoms with E-state index in [0.717, 1.165) is 16.3 Å². The summed E-state index contributed by atoms with van der Waals surface area (Å²) in [7, 11) is 1.28. The molecule has 3 N–H and O–H groups in total. The van der Waals surface area contributed by atoms with Crippen LogP contribution in [0.2, 0.25) is 0 Å². The van der Waals surface area contributed by atoms with Crippen molar-refractivity contribution in [3.63, 3.8) is 0 Å². The minimum atomic E-state index is -0.493. The highest BCUT2D eigenvalue weighted by Crippen LogP contribution is 2.18. The molecule has 0 heterocycles. The number of ether oxygens (including phenoxy) is 1. The molecule has 0 aliphatic carbocycles. The average molecular weight is 421 g/mol. The van der Waals surface area contributed by atoms with Crippen molar-refractivity contribution in [2.75, 3.05) is 7.11 Å². The number of amides is 2.